The molecule has 2 heterocycles. The van der Waals surface area contributed by atoms with E-state index in [9.17, 15) is 13.2 Å². The van der Waals surface area contributed by atoms with Crippen molar-refractivity contribution in [3.8, 4) is 27.2 Å². The lowest BCUT2D eigenvalue weighted by Gasteiger charge is -2.06. The first kappa shape index (κ1) is 16.4. The van der Waals surface area contributed by atoms with E-state index in [-0.39, 0.29) is 6.01 Å². The Bertz CT molecular complexity index is 860. The maximum atomic E-state index is 12.6. The molecule has 3 rings (SSSR count). The fourth-order valence-electron chi connectivity index (χ4n) is 2.12. The Morgan fingerprint density at radius 3 is 2.38 bits per heavy atom. The largest absolute Gasteiger partial charge is 0.467 e. The van der Waals surface area contributed by atoms with Crippen molar-refractivity contribution in [1.29, 1.82) is 0 Å². The average Bonchev–Trinajstić information content (AvgIpc) is 2.96. The van der Waals surface area contributed by atoms with Gasteiger partial charge in [0.25, 0.3) is 0 Å². The van der Waals surface area contributed by atoms with E-state index in [0.29, 0.717) is 16.3 Å². The van der Waals surface area contributed by atoms with Crippen LogP contribution in [0, 0.1) is 6.92 Å². The number of thiazole rings is 1. The van der Waals surface area contributed by atoms with Gasteiger partial charge in [-0.05, 0) is 25.1 Å². The Labute approximate surface area is 140 Å². The first-order chi connectivity index (χ1) is 11.4. The summed E-state index contributed by atoms with van der Waals surface area (Å²) in [4.78, 5) is 13.5. The predicted molar refractivity (Wildman–Crippen MR) is 84.9 cm³/mol. The number of rotatable bonds is 3. The fraction of sp³-hybridized carbons (Fsp3) is 0.188. The smallest absolute Gasteiger partial charge is 0.416 e. The summed E-state index contributed by atoms with van der Waals surface area (Å²) in [6.45, 7) is 1.83. The van der Waals surface area contributed by atoms with Crippen molar-refractivity contribution >= 4 is 11.3 Å². The molecule has 0 amide bonds. The summed E-state index contributed by atoms with van der Waals surface area (Å²) in [7, 11) is 1.48. The van der Waals surface area contributed by atoms with Crippen molar-refractivity contribution in [2.24, 2.45) is 0 Å². The zero-order valence-electron chi connectivity index (χ0n) is 12.8. The molecule has 3 aromatic rings. The molecule has 0 saturated heterocycles. The summed E-state index contributed by atoms with van der Waals surface area (Å²) in [6, 6.07) is 6.94. The lowest BCUT2D eigenvalue weighted by molar-refractivity contribution is -0.137. The molecule has 0 unspecified atom stereocenters. The number of methoxy groups -OCH3 is 1. The third-order valence-electron chi connectivity index (χ3n) is 3.30. The SMILES string of the molecule is COc1nccc(-c2sc(-c3ccc(C(F)(F)F)cc3)nc2C)n1. The van der Waals surface area contributed by atoms with Crippen molar-refractivity contribution in [2.45, 2.75) is 13.1 Å². The number of aryl methyl sites for hydroxylation is 1. The number of hydrogen-bond acceptors (Lipinski definition) is 5. The number of hydrogen-bond donors (Lipinski definition) is 0. The van der Waals surface area contributed by atoms with E-state index < -0.39 is 11.7 Å². The summed E-state index contributed by atoms with van der Waals surface area (Å²) >= 11 is 1.36. The summed E-state index contributed by atoms with van der Waals surface area (Å²) < 4.78 is 42.9. The number of aromatic nitrogens is 3. The van der Waals surface area contributed by atoms with E-state index in [1.807, 2.05) is 6.92 Å². The summed E-state index contributed by atoms with van der Waals surface area (Å²) in [5, 5.41) is 0.633. The highest BCUT2D eigenvalue weighted by Crippen LogP contribution is 2.36. The van der Waals surface area contributed by atoms with E-state index in [1.54, 1.807) is 12.3 Å². The molecule has 0 aliphatic rings. The van der Waals surface area contributed by atoms with Crippen LogP contribution in [-0.2, 0) is 6.18 Å². The van der Waals surface area contributed by atoms with E-state index >= 15 is 0 Å². The van der Waals surface area contributed by atoms with Crippen molar-refractivity contribution in [2.75, 3.05) is 7.11 Å². The minimum Gasteiger partial charge on any atom is -0.467 e. The van der Waals surface area contributed by atoms with Crippen molar-refractivity contribution in [3.63, 3.8) is 0 Å². The van der Waals surface area contributed by atoms with Crippen molar-refractivity contribution < 1.29 is 17.9 Å². The summed E-state index contributed by atoms with van der Waals surface area (Å²) in [5.74, 6) is 0. The van der Waals surface area contributed by atoms with Gasteiger partial charge in [0.05, 0.1) is 28.9 Å². The van der Waals surface area contributed by atoms with Crippen LogP contribution in [-0.4, -0.2) is 22.1 Å². The Hall–Kier alpha value is -2.48. The second-order valence-corrected chi connectivity index (χ2v) is 5.94. The minimum absolute atomic E-state index is 0.247. The van der Waals surface area contributed by atoms with Gasteiger partial charge in [0.15, 0.2) is 0 Å². The van der Waals surface area contributed by atoms with Crippen LogP contribution < -0.4 is 4.74 Å². The topological polar surface area (TPSA) is 47.9 Å². The molecule has 0 saturated carbocycles. The van der Waals surface area contributed by atoms with Gasteiger partial charge in [0.1, 0.15) is 5.01 Å². The second kappa shape index (κ2) is 6.20. The van der Waals surface area contributed by atoms with Gasteiger partial charge in [-0.3, -0.25) is 0 Å². The highest BCUT2D eigenvalue weighted by molar-refractivity contribution is 7.18. The molecule has 1 aromatic carbocycles. The highest BCUT2D eigenvalue weighted by atomic mass is 32.1. The zero-order chi connectivity index (χ0) is 17.3. The van der Waals surface area contributed by atoms with E-state index in [1.165, 1.54) is 30.6 Å². The number of benzene rings is 1. The van der Waals surface area contributed by atoms with Gasteiger partial charge in [-0.1, -0.05) is 12.1 Å². The van der Waals surface area contributed by atoms with Crippen LogP contribution in [0.4, 0.5) is 13.2 Å². The van der Waals surface area contributed by atoms with Crippen LogP contribution >= 0.6 is 11.3 Å². The van der Waals surface area contributed by atoms with Crippen LogP contribution in [0.5, 0.6) is 6.01 Å². The molecule has 0 atom stereocenters. The van der Waals surface area contributed by atoms with Crippen LogP contribution in [0.1, 0.15) is 11.3 Å². The molecule has 0 radical (unpaired) electrons. The molecule has 0 aliphatic carbocycles. The average molecular weight is 351 g/mol. The van der Waals surface area contributed by atoms with Gasteiger partial charge >= 0.3 is 12.2 Å². The Morgan fingerprint density at radius 2 is 1.75 bits per heavy atom. The molecule has 24 heavy (non-hydrogen) atoms. The zero-order valence-corrected chi connectivity index (χ0v) is 13.6. The van der Waals surface area contributed by atoms with Crippen LogP contribution in [0.2, 0.25) is 0 Å². The van der Waals surface area contributed by atoms with Gasteiger partial charge < -0.3 is 4.74 Å². The Kier molecular flexibility index (Phi) is 4.23. The van der Waals surface area contributed by atoms with E-state index in [0.717, 1.165) is 22.7 Å². The predicted octanol–water partition coefficient (Wildman–Crippen LogP) is 4.60. The third-order valence-corrected chi connectivity index (χ3v) is 4.53. The number of halogens is 3. The van der Waals surface area contributed by atoms with Crippen LogP contribution in [0.25, 0.3) is 21.1 Å². The van der Waals surface area contributed by atoms with Crippen LogP contribution in [0.3, 0.4) is 0 Å². The monoisotopic (exact) mass is 351 g/mol. The van der Waals surface area contributed by atoms with Gasteiger partial charge in [-0.15, -0.1) is 11.3 Å². The first-order valence-electron chi connectivity index (χ1n) is 6.91. The lowest BCUT2D eigenvalue weighted by Crippen LogP contribution is -2.03. The molecule has 2 aromatic heterocycles. The summed E-state index contributed by atoms with van der Waals surface area (Å²) in [5.41, 5.74) is 1.36. The van der Waals surface area contributed by atoms with Crippen molar-refractivity contribution in [3.05, 3.63) is 47.8 Å². The normalized spacial score (nSPS) is 11.5. The molecule has 0 aliphatic heterocycles. The summed E-state index contributed by atoms with van der Waals surface area (Å²) in [6.07, 6.45) is -2.77. The first-order valence-corrected chi connectivity index (χ1v) is 7.72. The highest BCUT2D eigenvalue weighted by Gasteiger charge is 2.30. The molecule has 8 heteroatoms. The quantitative estimate of drug-likeness (QED) is 0.692. The maximum Gasteiger partial charge on any atom is 0.416 e. The van der Waals surface area contributed by atoms with Gasteiger partial charge in [-0.2, -0.15) is 18.2 Å². The standard InChI is InChI=1S/C16H12F3N3OS/c1-9-13(12-7-8-20-15(22-12)23-2)24-14(21-9)10-3-5-11(6-4-10)16(17,18)19/h3-8H,1-2H3. The van der Waals surface area contributed by atoms with Gasteiger partial charge in [0.2, 0.25) is 0 Å². The molecule has 0 fully saturated rings. The number of ether oxygens (including phenoxy) is 1. The molecule has 0 bridgehead atoms. The number of nitrogens with zero attached hydrogens (tertiary/aromatic N) is 3. The molecule has 4 nitrogen and oxygen atoms in total. The molecule has 124 valence electrons. The molecular weight excluding hydrogens is 339 g/mol. The molecule has 0 N–H and O–H groups in total. The molecular formula is C16H12F3N3OS. The van der Waals surface area contributed by atoms with E-state index in [4.69, 9.17) is 4.74 Å². The van der Waals surface area contributed by atoms with Gasteiger partial charge in [-0.25, -0.2) is 9.97 Å². The van der Waals surface area contributed by atoms with Crippen LogP contribution in [0.15, 0.2) is 36.5 Å². The van der Waals surface area contributed by atoms with E-state index in [2.05, 4.69) is 15.0 Å². The number of alkyl halides is 3. The Morgan fingerprint density at radius 1 is 1.04 bits per heavy atom. The minimum atomic E-state index is -4.35. The fourth-order valence-corrected chi connectivity index (χ4v) is 3.17. The Balaban J connectivity index is 1.96. The lowest BCUT2D eigenvalue weighted by atomic mass is 10.1. The van der Waals surface area contributed by atoms with Gasteiger partial charge in [0, 0.05) is 11.8 Å². The maximum absolute atomic E-state index is 12.6. The van der Waals surface area contributed by atoms with Crippen molar-refractivity contribution in [1.82, 2.24) is 15.0 Å². The third kappa shape index (κ3) is 3.23. The second-order valence-electron chi connectivity index (χ2n) is 4.94. The molecule has 0 spiro atoms.